The van der Waals surface area contributed by atoms with Gasteiger partial charge in [0, 0.05) is 5.56 Å². The lowest BCUT2D eigenvalue weighted by molar-refractivity contribution is -0.136. The van der Waals surface area contributed by atoms with Gasteiger partial charge in [0.1, 0.15) is 12.4 Å². The SMILES string of the molecule is CN(C)CCC/C=C1\c2ccccc2COc2ccc(CC(=O)O)cc21. The van der Waals surface area contributed by atoms with Crippen molar-refractivity contribution in [3.63, 3.8) is 0 Å². The molecule has 0 amide bonds. The molecule has 0 saturated heterocycles. The van der Waals surface area contributed by atoms with Crippen molar-refractivity contribution in [1.82, 2.24) is 4.90 Å². The van der Waals surface area contributed by atoms with Crippen LogP contribution in [-0.4, -0.2) is 36.6 Å². The maximum absolute atomic E-state index is 11.1. The summed E-state index contributed by atoms with van der Waals surface area (Å²) in [6.07, 6.45) is 4.32. The van der Waals surface area contributed by atoms with Crippen LogP contribution in [0, 0.1) is 0 Å². The molecule has 0 aliphatic carbocycles. The molecule has 1 N–H and O–H groups in total. The van der Waals surface area contributed by atoms with E-state index in [1.807, 2.05) is 30.3 Å². The number of unbranched alkanes of at least 4 members (excludes halogenated alkanes) is 1. The zero-order chi connectivity index (χ0) is 18.5. The van der Waals surface area contributed by atoms with Gasteiger partial charge in [-0.3, -0.25) is 4.79 Å². The largest absolute Gasteiger partial charge is 0.488 e. The van der Waals surface area contributed by atoms with Crippen molar-refractivity contribution in [2.75, 3.05) is 20.6 Å². The van der Waals surface area contributed by atoms with Gasteiger partial charge >= 0.3 is 5.97 Å². The number of benzene rings is 2. The summed E-state index contributed by atoms with van der Waals surface area (Å²) in [5, 5.41) is 9.13. The molecule has 0 bridgehead atoms. The van der Waals surface area contributed by atoms with E-state index in [2.05, 4.69) is 37.2 Å². The number of allylic oxidation sites excluding steroid dienone is 1. The van der Waals surface area contributed by atoms with E-state index < -0.39 is 5.97 Å². The summed E-state index contributed by atoms with van der Waals surface area (Å²) in [5.74, 6) is -0.00870. The van der Waals surface area contributed by atoms with Gasteiger partial charge in [0.05, 0.1) is 6.42 Å². The minimum absolute atomic E-state index is 0.0167. The van der Waals surface area contributed by atoms with Gasteiger partial charge in [0.2, 0.25) is 0 Å². The smallest absolute Gasteiger partial charge is 0.307 e. The number of carbonyl (C=O) groups is 1. The molecular formula is C22H25NO3. The molecule has 136 valence electrons. The first-order chi connectivity index (χ1) is 12.5. The van der Waals surface area contributed by atoms with Crippen molar-refractivity contribution in [2.45, 2.75) is 25.9 Å². The fourth-order valence-corrected chi connectivity index (χ4v) is 3.28. The van der Waals surface area contributed by atoms with Crippen LogP contribution in [0.3, 0.4) is 0 Å². The summed E-state index contributed by atoms with van der Waals surface area (Å²) >= 11 is 0. The van der Waals surface area contributed by atoms with E-state index in [9.17, 15) is 4.79 Å². The molecule has 0 saturated carbocycles. The van der Waals surface area contributed by atoms with Crippen LogP contribution in [0.5, 0.6) is 5.75 Å². The van der Waals surface area contributed by atoms with Crippen LogP contribution in [0.2, 0.25) is 0 Å². The number of carboxylic acids is 1. The van der Waals surface area contributed by atoms with Crippen molar-refractivity contribution in [2.24, 2.45) is 0 Å². The molecule has 26 heavy (non-hydrogen) atoms. The van der Waals surface area contributed by atoms with E-state index in [1.165, 1.54) is 5.56 Å². The Morgan fingerprint density at radius 3 is 2.77 bits per heavy atom. The van der Waals surface area contributed by atoms with Gasteiger partial charge in [-0.25, -0.2) is 0 Å². The number of hydrogen-bond donors (Lipinski definition) is 1. The lowest BCUT2D eigenvalue weighted by Crippen LogP contribution is -2.12. The normalized spacial score (nSPS) is 14.5. The number of carboxylic acid groups (broad SMARTS) is 1. The predicted octanol–water partition coefficient (Wildman–Crippen LogP) is 3.98. The Labute approximate surface area is 154 Å². The van der Waals surface area contributed by atoms with Gasteiger partial charge in [-0.2, -0.15) is 0 Å². The average Bonchev–Trinajstić information content (AvgIpc) is 2.75. The fraction of sp³-hybridized carbons (Fsp3) is 0.318. The molecule has 0 spiro atoms. The van der Waals surface area contributed by atoms with E-state index in [1.54, 1.807) is 0 Å². The first-order valence-corrected chi connectivity index (χ1v) is 8.95. The highest BCUT2D eigenvalue weighted by molar-refractivity contribution is 5.85. The van der Waals surface area contributed by atoms with Crippen LogP contribution in [-0.2, 0) is 17.8 Å². The second-order valence-electron chi connectivity index (χ2n) is 6.91. The molecule has 0 aromatic heterocycles. The standard InChI is InChI=1S/C22H25NO3/c1-23(2)12-6-5-9-19-18-8-4-3-7-17(18)15-26-21-11-10-16(13-20(19)21)14-22(24)25/h3-4,7-11,13H,5-6,12,14-15H2,1-2H3,(H,24,25)/b19-9+. The molecule has 1 aliphatic heterocycles. The fourth-order valence-electron chi connectivity index (χ4n) is 3.28. The van der Waals surface area contributed by atoms with Crippen LogP contribution in [0.4, 0.5) is 0 Å². The van der Waals surface area contributed by atoms with Crippen molar-refractivity contribution >= 4 is 11.5 Å². The Morgan fingerprint density at radius 1 is 1.19 bits per heavy atom. The Kier molecular flexibility index (Phi) is 5.74. The second-order valence-corrected chi connectivity index (χ2v) is 6.91. The number of nitrogens with zero attached hydrogens (tertiary/aromatic N) is 1. The molecule has 1 heterocycles. The summed E-state index contributed by atoms with van der Waals surface area (Å²) in [4.78, 5) is 13.3. The molecule has 3 rings (SSSR count). The third-order valence-corrected chi connectivity index (χ3v) is 4.54. The van der Waals surface area contributed by atoms with Crippen LogP contribution in [0.25, 0.3) is 5.57 Å². The summed E-state index contributed by atoms with van der Waals surface area (Å²) in [6.45, 7) is 1.56. The zero-order valence-corrected chi connectivity index (χ0v) is 15.4. The minimum atomic E-state index is -0.823. The van der Waals surface area contributed by atoms with E-state index in [-0.39, 0.29) is 6.42 Å². The molecule has 0 atom stereocenters. The van der Waals surface area contributed by atoms with Crippen LogP contribution in [0.1, 0.15) is 35.1 Å². The van der Waals surface area contributed by atoms with E-state index in [4.69, 9.17) is 9.84 Å². The Morgan fingerprint density at radius 2 is 2.00 bits per heavy atom. The number of fused-ring (bicyclic) bond motifs is 2. The number of rotatable bonds is 6. The second kappa shape index (κ2) is 8.19. The predicted molar refractivity (Wildman–Crippen MR) is 103 cm³/mol. The van der Waals surface area contributed by atoms with Gasteiger partial charge in [-0.15, -0.1) is 0 Å². The summed E-state index contributed by atoms with van der Waals surface area (Å²) in [6, 6.07) is 14.0. The maximum atomic E-state index is 11.1. The van der Waals surface area contributed by atoms with Gasteiger partial charge in [-0.1, -0.05) is 36.4 Å². The maximum Gasteiger partial charge on any atom is 0.307 e. The van der Waals surface area contributed by atoms with Gasteiger partial charge in [-0.05, 0) is 67.9 Å². The summed E-state index contributed by atoms with van der Waals surface area (Å²) in [5.41, 5.74) is 5.24. The van der Waals surface area contributed by atoms with Crippen molar-refractivity contribution < 1.29 is 14.6 Å². The highest BCUT2D eigenvalue weighted by Crippen LogP contribution is 2.37. The molecule has 1 aliphatic rings. The monoisotopic (exact) mass is 351 g/mol. The Hall–Kier alpha value is -2.59. The first-order valence-electron chi connectivity index (χ1n) is 8.95. The van der Waals surface area contributed by atoms with Crippen LogP contribution >= 0.6 is 0 Å². The quantitative estimate of drug-likeness (QED) is 0.800. The molecule has 2 aromatic carbocycles. The molecule has 0 radical (unpaired) electrons. The molecule has 0 fully saturated rings. The summed E-state index contributed by atoms with van der Waals surface area (Å²) in [7, 11) is 4.16. The topological polar surface area (TPSA) is 49.8 Å². The van der Waals surface area contributed by atoms with Gasteiger partial charge in [0.25, 0.3) is 0 Å². The molecule has 2 aromatic rings. The van der Waals surface area contributed by atoms with Crippen molar-refractivity contribution in [3.05, 3.63) is 70.8 Å². The Balaban J connectivity index is 2.01. The van der Waals surface area contributed by atoms with Gasteiger partial charge in [0.15, 0.2) is 0 Å². The lowest BCUT2D eigenvalue weighted by Gasteiger charge is -2.13. The van der Waals surface area contributed by atoms with Crippen LogP contribution in [0.15, 0.2) is 48.5 Å². The first kappa shape index (κ1) is 18.2. The number of aliphatic carboxylic acids is 1. The summed E-state index contributed by atoms with van der Waals surface area (Å²) < 4.78 is 6.01. The van der Waals surface area contributed by atoms with E-state index >= 15 is 0 Å². The molecule has 4 heteroatoms. The third-order valence-electron chi connectivity index (χ3n) is 4.54. The molecule has 0 unspecified atom stereocenters. The third kappa shape index (κ3) is 4.33. The lowest BCUT2D eigenvalue weighted by atomic mass is 9.92. The van der Waals surface area contributed by atoms with E-state index in [0.29, 0.717) is 6.61 Å². The zero-order valence-electron chi connectivity index (χ0n) is 15.4. The number of ether oxygens (including phenoxy) is 1. The van der Waals surface area contributed by atoms with E-state index in [0.717, 1.165) is 47.4 Å². The minimum Gasteiger partial charge on any atom is -0.488 e. The highest BCUT2D eigenvalue weighted by atomic mass is 16.5. The number of hydrogen-bond acceptors (Lipinski definition) is 3. The van der Waals surface area contributed by atoms with Crippen molar-refractivity contribution in [1.29, 1.82) is 0 Å². The molecular weight excluding hydrogens is 326 g/mol. The average molecular weight is 351 g/mol. The Bertz CT molecular complexity index is 824. The molecule has 4 nitrogen and oxygen atoms in total. The van der Waals surface area contributed by atoms with Gasteiger partial charge < -0.3 is 14.7 Å². The van der Waals surface area contributed by atoms with Crippen molar-refractivity contribution in [3.8, 4) is 5.75 Å². The van der Waals surface area contributed by atoms with Crippen LogP contribution < -0.4 is 4.74 Å². The highest BCUT2D eigenvalue weighted by Gasteiger charge is 2.19.